The van der Waals surface area contributed by atoms with Crippen LogP contribution in [0.1, 0.15) is 0 Å². The van der Waals surface area contributed by atoms with Gasteiger partial charge >= 0.3 is 10.3 Å². The molecule has 0 spiro atoms. The Morgan fingerprint density at radius 2 is 2.15 bits per heavy atom. The Bertz CT molecular complexity index is 388. The average molecular weight is 219 g/mol. The highest BCUT2D eigenvalue weighted by molar-refractivity contribution is 7.98. The smallest absolute Gasteiger partial charge is 0.371 e. The van der Waals surface area contributed by atoms with E-state index in [0.29, 0.717) is 0 Å². The van der Waals surface area contributed by atoms with Crippen LogP contribution >= 0.6 is 11.8 Å². The van der Waals surface area contributed by atoms with Crippen molar-refractivity contribution in [1.82, 2.24) is 0 Å². The fraction of sp³-hybridized carbons (Fsp3) is 0.143. The zero-order valence-corrected chi connectivity index (χ0v) is 8.56. The van der Waals surface area contributed by atoms with Crippen LogP contribution in [0.5, 0.6) is 5.75 Å². The molecule has 0 heterocycles. The van der Waals surface area contributed by atoms with Crippen LogP contribution in [-0.4, -0.2) is 14.7 Å². The van der Waals surface area contributed by atoms with E-state index >= 15 is 0 Å². The van der Waals surface area contributed by atoms with Gasteiger partial charge in [-0.3, -0.25) is 0 Å². The van der Waals surface area contributed by atoms with Gasteiger partial charge < -0.3 is 4.18 Å². The topological polar surface area (TPSA) is 69.4 Å². The van der Waals surface area contributed by atoms with Crippen LogP contribution in [0.3, 0.4) is 0 Å². The summed E-state index contributed by atoms with van der Waals surface area (Å²) in [5.74, 6) is 0.231. The first-order valence-electron chi connectivity index (χ1n) is 3.37. The van der Waals surface area contributed by atoms with E-state index in [1.54, 1.807) is 12.1 Å². The summed E-state index contributed by atoms with van der Waals surface area (Å²) in [6.07, 6.45) is 1.88. The zero-order valence-electron chi connectivity index (χ0n) is 6.93. The highest BCUT2D eigenvalue weighted by Crippen LogP contribution is 2.20. The molecular weight excluding hydrogens is 210 g/mol. The Balaban J connectivity index is 2.90. The molecule has 0 saturated heterocycles. The van der Waals surface area contributed by atoms with E-state index in [1.807, 2.05) is 12.3 Å². The van der Waals surface area contributed by atoms with Gasteiger partial charge in [0, 0.05) is 4.90 Å². The number of rotatable bonds is 3. The summed E-state index contributed by atoms with van der Waals surface area (Å²) >= 11 is 1.49. The number of thioether (sulfide) groups is 1. The van der Waals surface area contributed by atoms with Crippen LogP contribution in [0.4, 0.5) is 0 Å². The maximum absolute atomic E-state index is 10.5. The van der Waals surface area contributed by atoms with E-state index in [2.05, 4.69) is 4.18 Å². The molecule has 0 atom stereocenters. The lowest BCUT2D eigenvalue weighted by Gasteiger charge is -2.02. The number of hydrogen-bond donors (Lipinski definition) is 1. The molecule has 0 aliphatic heterocycles. The molecular formula is C7H9NO3S2. The summed E-state index contributed by atoms with van der Waals surface area (Å²) < 4.78 is 25.6. The molecule has 0 unspecified atom stereocenters. The van der Waals surface area contributed by atoms with Crippen molar-refractivity contribution in [2.75, 3.05) is 6.26 Å². The van der Waals surface area contributed by atoms with Crippen LogP contribution in [0.15, 0.2) is 29.2 Å². The van der Waals surface area contributed by atoms with E-state index in [-0.39, 0.29) is 5.75 Å². The lowest BCUT2D eigenvalue weighted by Crippen LogP contribution is -2.18. The standard InChI is InChI=1S/C7H9NO3S2/c1-12-7-4-2-3-6(5-7)11-13(8,9)10/h2-5H,1H3,(H2,8,9,10). The summed E-state index contributed by atoms with van der Waals surface area (Å²) in [5, 5.41) is 4.70. The van der Waals surface area contributed by atoms with Gasteiger partial charge in [-0.05, 0) is 24.5 Å². The maximum Gasteiger partial charge on any atom is 0.380 e. The van der Waals surface area contributed by atoms with Crippen LogP contribution in [0.25, 0.3) is 0 Å². The van der Waals surface area contributed by atoms with Crippen LogP contribution < -0.4 is 9.32 Å². The predicted octanol–water partition coefficient (Wildman–Crippen LogP) is 0.991. The lowest BCUT2D eigenvalue weighted by molar-refractivity contribution is 0.487. The Hall–Kier alpha value is -0.720. The average Bonchev–Trinajstić information content (AvgIpc) is 2.01. The minimum absolute atomic E-state index is 0.231. The number of benzene rings is 1. The zero-order chi connectivity index (χ0) is 9.90. The molecule has 6 heteroatoms. The Labute approximate surface area is 81.3 Å². The van der Waals surface area contributed by atoms with Gasteiger partial charge in [-0.15, -0.1) is 11.8 Å². The lowest BCUT2D eigenvalue weighted by atomic mass is 10.3. The fourth-order valence-corrected chi connectivity index (χ4v) is 1.61. The third kappa shape index (κ3) is 3.67. The summed E-state index contributed by atoms with van der Waals surface area (Å²) in [6, 6.07) is 6.69. The molecule has 0 saturated carbocycles. The summed E-state index contributed by atoms with van der Waals surface area (Å²) in [5.41, 5.74) is 0. The molecule has 0 aliphatic carbocycles. The van der Waals surface area contributed by atoms with Gasteiger partial charge in [0.05, 0.1) is 0 Å². The molecule has 0 amide bonds. The van der Waals surface area contributed by atoms with Gasteiger partial charge in [-0.25, -0.2) is 0 Å². The van der Waals surface area contributed by atoms with Gasteiger partial charge in [-0.2, -0.15) is 13.6 Å². The van der Waals surface area contributed by atoms with E-state index in [4.69, 9.17) is 5.14 Å². The molecule has 4 nitrogen and oxygen atoms in total. The Morgan fingerprint density at radius 1 is 1.46 bits per heavy atom. The Morgan fingerprint density at radius 3 is 2.69 bits per heavy atom. The van der Waals surface area contributed by atoms with Crippen LogP contribution in [0, 0.1) is 0 Å². The van der Waals surface area contributed by atoms with Crippen molar-refractivity contribution in [3.8, 4) is 5.75 Å². The maximum atomic E-state index is 10.5. The Kier molecular flexibility index (Phi) is 3.18. The van der Waals surface area contributed by atoms with Gasteiger partial charge in [0.25, 0.3) is 0 Å². The first-order chi connectivity index (χ1) is 6.01. The fourth-order valence-electron chi connectivity index (χ4n) is 0.787. The normalized spacial score (nSPS) is 11.2. The van der Waals surface area contributed by atoms with Crippen molar-refractivity contribution >= 4 is 22.1 Å². The van der Waals surface area contributed by atoms with Gasteiger partial charge in [0.15, 0.2) is 0 Å². The molecule has 2 N–H and O–H groups in total. The number of nitrogens with two attached hydrogens (primary N) is 1. The van der Waals surface area contributed by atoms with E-state index in [1.165, 1.54) is 17.8 Å². The van der Waals surface area contributed by atoms with Crippen molar-refractivity contribution in [2.45, 2.75) is 4.90 Å². The molecule has 13 heavy (non-hydrogen) atoms. The van der Waals surface area contributed by atoms with Gasteiger partial charge in [0.2, 0.25) is 0 Å². The quantitative estimate of drug-likeness (QED) is 0.770. The molecule has 0 aromatic heterocycles. The third-order valence-electron chi connectivity index (χ3n) is 1.25. The molecule has 1 rings (SSSR count). The first-order valence-corrected chi connectivity index (χ1v) is 6.07. The molecule has 72 valence electrons. The van der Waals surface area contributed by atoms with Crippen LogP contribution in [0.2, 0.25) is 0 Å². The monoisotopic (exact) mass is 219 g/mol. The van der Waals surface area contributed by atoms with E-state index in [9.17, 15) is 8.42 Å². The highest BCUT2D eigenvalue weighted by atomic mass is 32.2. The summed E-state index contributed by atoms with van der Waals surface area (Å²) in [4.78, 5) is 0.918. The second-order valence-electron chi connectivity index (χ2n) is 2.26. The van der Waals surface area contributed by atoms with Crippen LogP contribution in [-0.2, 0) is 10.3 Å². The number of hydrogen-bond acceptors (Lipinski definition) is 4. The summed E-state index contributed by atoms with van der Waals surface area (Å²) in [6.45, 7) is 0. The predicted molar refractivity (Wildman–Crippen MR) is 52.0 cm³/mol. The highest BCUT2D eigenvalue weighted by Gasteiger charge is 2.04. The second-order valence-corrected chi connectivity index (χ2v) is 4.29. The van der Waals surface area contributed by atoms with Crippen molar-refractivity contribution in [2.24, 2.45) is 5.14 Å². The SMILES string of the molecule is CSc1cccc(OS(N)(=O)=O)c1. The molecule has 0 bridgehead atoms. The summed E-state index contributed by atoms with van der Waals surface area (Å²) in [7, 11) is -3.91. The molecule has 1 aromatic rings. The van der Waals surface area contributed by atoms with Crippen molar-refractivity contribution in [3.63, 3.8) is 0 Å². The molecule has 1 aromatic carbocycles. The second kappa shape index (κ2) is 3.99. The van der Waals surface area contributed by atoms with Gasteiger partial charge in [-0.1, -0.05) is 6.07 Å². The minimum Gasteiger partial charge on any atom is -0.371 e. The van der Waals surface area contributed by atoms with Crippen molar-refractivity contribution < 1.29 is 12.6 Å². The molecule has 0 radical (unpaired) electrons. The minimum atomic E-state index is -3.91. The van der Waals surface area contributed by atoms with E-state index < -0.39 is 10.3 Å². The largest absolute Gasteiger partial charge is 0.380 e. The van der Waals surface area contributed by atoms with Crippen molar-refractivity contribution in [3.05, 3.63) is 24.3 Å². The molecule has 0 fully saturated rings. The van der Waals surface area contributed by atoms with Gasteiger partial charge in [0.1, 0.15) is 5.75 Å². The van der Waals surface area contributed by atoms with E-state index in [0.717, 1.165) is 4.90 Å². The third-order valence-corrected chi connectivity index (χ3v) is 2.40. The van der Waals surface area contributed by atoms with Crippen molar-refractivity contribution in [1.29, 1.82) is 0 Å². The first kappa shape index (κ1) is 10.4. The molecule has 0 aliphatic rings.